The molecule has 2 aromatic rings. The lowest BCUT2D eigenvalue weighted by Gasteiger charge is -2.35. The summed E-state index contributed by atoms with van der Waals surface area (Å²) < 4.78 is 35.0. The van der Waals surface area contributed by atoms with Gasteiger partial charge in [0.2, 0.25) is 0 Å². The second kappa shape index (κ2) is 9.56. The molecule has 0 atom stereocenters. The van der Waals surface area contributed by atoms with Crippen LogP contribution in [0.4, 0.5) is 8.78 Å². The largest absolute Gasteiger partial charge is 0.482 e. The molecule has 6 nitrogen and oxygen atoms in total. The maximum atomic E-state index is 12.7. The minimum atomic E-state index is -3.02. The number of amides is 2. The van der Waals surface area contributed by atoms with Crippen molar-refractivity contribution in [2.75, 3.05) is 32.8 Å². The predicted octanol–water partition coefficient (Wildman–Crippen LogP) is 3.30. The highest BCUT2D eigenvalue weighted by Gasteiger charge is 2.27. The van der Waals surface area contributed by atoms with Crippen molar-refractivity contribution in [1.82, 2.24) is 9.80 Å². The fourth-order valence-corrected chi connectivity index (χ4v) is 3.15. The van der Waals surface area contributed by atoms with E-state index in [1.165, 1.54) is 23.1 Å². The molecule has 1 aliphatic rings. The van der Waals surface area contributed by atoms with Gasteiger partial charge in [0.05, 0.1) is 10.6 Å². The van der Waals surface area contributed by atoms with Crippen LogP contribution < -0.4 is 9.47 Å². The molecule has 0 aliphatic carbocycles. The maximum absolute atomic E-state index is 12.7. The fourth-order valence-electron chi connectivity index (χ4n) is 2.96. The summed E-state index contributed by atoms with van der Waals surface area (Å²) in [5.74, 6) is -0.384. The van der Waals surface area contributed by atoms with Crippen LogP contribution in [0.2, 0.25) is 5.02 Å². The van der Waals surface area contributed by atoms with E-state index in [1.807, 2.05) is 0 Å². The second-order valence-electron chi connectivity index (χ2n) is 6.27. The van der Waals surface area contributed by atoms with E-state index < -0.39 is 12.5 Å². The number of piperazine rings is 1. The summed E-state index contributed by atoms with van der Waals surface area (Å²) in [6.07, 6.45) is 0. The van der Waals surface area contributed by atoms with Gasteiger partial charge in [0.25, 0.3) is 11.8 Å². The second-order valence-corrected chi connectivity index (χ2v) is 6.67. The van der Waals surface area contributed by atoms with E-state index in [0.29, 0.717) is 23.9 Å². The zero-order valence-electron chi connectivity index (χ0n) is 15.4. The molecular formula is C20H19ClF2N2O4. The molecular weight excluding hydrogens is 406 g/mol. The van der Waals surface area contributed by atoms with Gasteiger partial charge in [-0.2, -0.15) is 8.78 Å². The molecule has 1 fully saturated rings. The monoisotopic (exact) mass is 424 g/mol. The molecule has 154 valence electrons. The summed E-state index contributed by atoms with van der Waals surface area (Å²) in [7, 11) is 0. The first-order valence-corrected chi connectivity index (χ1v) is 9.31. The number of nitrogens with zero attached hydrogens (tertiary/aromatic N) is 2. The van der Waals surface area contributed by atoms with Crippen molar-refractivity contribution >= 4 is 23.4 Å². The van der Waals surface area contributed by atoms with Gasteiger partial charge >= 0.3 is 6.61 Å². The van der Waals surface area contributed by atoms with E-state index in [2.05, 4.69) is 4.74 Å². The molecule has 0 saturated carbocycles. The van der Waals surface area contributed by atoms with E-state index in [4.69, 9.17) is 16.3 Å². The average Bonchev–Trinajstić information content (AvgIpc) is 2.72. The molecule has 2 aromatic carbocycles. The van der Waals surface area contributed by atoms with Crippen LogP contribution in [0.25, 0.3) is 0 Å². The van der Waals surface area contributed by atoms with E-state index >= 15 is 0 Å². The standard InChI is InChI=1S/C20H19ClF2N2O4/c21-15-6-2-4-8-17(15)28-13-18(26)24-9-11-25(12-10-24)19(27)14-5-1-3-7-16(14)29-20(22)23/h1-8,20H,9-13H2. The first-order valence-electron chi connectivity index (χ1n) is 8.94. The molecule has 1 aliphatic heterocycles. The smallest absolute Gasteiger partial charge is 0.387 e. The lowest BCUT2D eigenvalue weighted by Crippen LogP contribution is -2.51. The summed E-state index contributed by atoms with van der Waals surface area (Å²) in [5.41, 5.74) is 0.0645. The summed E-state index contributed by atoms with van der Waals surface area (Å²) in [6, 6.07) is 12.7. The molecule has 0 aromatic heterocycles. The number of benzene rings is 2. The van der Waals surface area contributed by atoms with Gasteiger partial charge in [0, 0.05) is 26.2 Å². The number of carbonyl (C=O) groups is 2. The SMILES string of the molecule is O=C(COc1ccccc1Cl)N1CCN(C(=O)c2ccccc2OC(F)F)CC1. The maximum Gasteiger partial charge on any atom is 0.387 e. The van der Waals surface area contributed by atoms with Crippen LogP contribution in [0.1, 0.15) is 10.4 Å². The summed E-state index contributed by atoms with van der Waals surface area (Å²) in [6.45, 7) is -2.00. The number of ether oxygens (including phenoxy) is 2. The van der Waals surface area contributed by atoms with Gasteiger partial charge in [-0.15, -0.1) is 0 Å². The van der Waals surface area contributed by atoms with Gasteiger partial charge in [0.15, 0.2) is 6.61 Å². The molecule has 29 heavy (non-hydrogen) atoms. The topological polar surface area (TPSA) is 59.1 Å². The number of hydrogen-bond donors (Lipinski definition) is 0. The average molecular weight is 425 g/mol. The zero-order chi connectivity index (χ0) is 20.8. The number of carbonyl (C=O) groups excluding carboxylic acids is 2. The van der Waals surface area contributed by atoms with Crippen molar-refractivity contribution < 1.29 is 27.8 Å². The number of halogens is 3. The highest BCUT2D eigenvalue weighted by atomic mass is 35.5. The fraction of sp³-hybridized carbons (Fsp3) is 0.300. The molecule has 0 radical (unpaired) electrons. The van der Waals surface area contributed by atoms with Gasteiger partial charge in [-0.3, -0.25) is 9.59 Å². The van der Waals surface area contributed by atoms with Gasteiger partial charge in [-0.1, -0.05) is 35.9 Å². The zero-order valence-corrected chi connectivity index (χ0v) is 16.1. The first kappa shape index (κ1) is 20.9. The Hall–Kier alpha value is -2.87. The van der Waals surface area contributed by atoms with Crippen LogP contribution in [-0.4, -0.2) is 61.0 Å². The summed E-state index contributed by atoms with van der Waals surface area (Å²) in [4.78, 5) is 28.1. The highest BCUT2D eigenvalue weighted by molar-refractivity contribution is 6.32. The third-order valence-corrected chi connectivity index (χ3v) is 4.75. The van der Waals surface area contributed by atoms with E-state index in [0.717, 1.165) is 0 Å². The van der Waals surface area contributed by atoms with Gasteiger partial charge in [0.1, 0.15) is 11.5 Å². The van der Waals surface area contributed by atoms with Crippen LogP contribution in [0.3, 0.4) is 0 Å². The van der Waals surface area contributed by atoms with Crippen molar-refractivity contribution in [3.63, 3.8) is 0 Å². The molecule has 0 N–H and O–H groups in total. The Morgan fingerprint density at radius 3 is 2.17 bits per heavy atom. The highest BCUT2D eigenvalue weighted by Crippen LogP contribution is 2.24. The van der Waals surface area contributed by atoms with Crippen molar-refractivity contribution in [1.29, 1.82) is 0 Å². The minimum Gasteiger partial charge on any atom is -0.482 e. The Morgan fingerprint density at radius 1 is 0.931 bits per heavy atom. The lowest BCUT2D eigenvalue weighted by atomic mass is 10.1. The van der Waals surface area contributed by atoms with Gasteiger partial charge in [-0.05, 0) is 24.3 Å². The van der Waals surface area contributed by atoms with Gasteiger partial charge in [-0.25, -0.2) is 0 Å². The Bertz CT molecular complexity index is 873. The molecule has 1 saturated heterocycles. The quantitative estimate of drug-likeness (QED) is 0.714. The Morgan fingerprint density at radius 2 is 1.52 bits per heavy atom. The third kappa shape index (κ3) is 5.35. The predicted molar refractivity (Wildman–Crippen MR) is 103 cm³/mol. The Labute approximate surface area is 171 Å². The van der Waals surface area contributed by atoms with Crippen LogP contribution in [0, 0.1) is 0 Å². The molecule has 0 unspecified atom stereocenters. The van der Waals surface area contributed by atoms with Crippen LogP contribution in [0.5, 0.6) is 11.5 Å². The van der Waals surface area contributed by atoms with E-state index in [-0.39, 0.29) is 36.9 Å². The lowest BCUT2D eigenvalue weighted by molar-refractivity contribution is -0.134. The summed E-state index contributed by atoms with van der Waals surface area (Å²) >= 11 is 6.00. The van der Waals surface area contributed by atoms with Crippen LogP contribution in [0.15, 0.2) is 48.5 Å². The van der Waals surface area contributed by atoms with Crippen molar-refractivity contribution in [3.05, 3.63) is 59.1 Å². The summed E-state index contributed by atoms with van der Waals surface area (Å²) in [5, 5.41) is 0.417. The molecule has 0 bridgehead atoms. The van der Waals surface area contributed by atoms with Crippen molar-refractivity contribution in [2.24, 2.45) is 0 Å². The van der Waals surface area contributed by atoms with Crippen molar-refractivity contribution in [2.45, 2.75) is 6.61 Å². The van der Waals surface area contributed by atoms with Crippen LogP contribution in [-0.2, 0) is 4.79 Å². The minimum absolute atomic E-state index is 0.0645. The first-order chi connectivity index (χ1) is 14.0. The van der Waals surface area contributed by atoms with E-state index in [1.54, 1.807) is 35.2 Å². The van der Waals surface area contributed by atoms with Gasteiger partial charge < -0.3 is 19.3 Å². The number of para-hydroxylation sites is 2. The number of rotatable bonds is 6. The van der Waals surface area contributed by atoms with Crippen LogP contribution >= 0.6 is 11.6 Å². The van der Waals surface area contributed by atoms with E-state index in [9.17, 15) is 18.4 Å². The normalized spacial score (nSPS) is 14.1. The number of hydrogen-bond acceptors (Lipinski definition) is 4. The molecule has 1 heterocycles. The molecule has 9 heteroatoms. The Kier molecular flexibility index (Phi) is 6.87. The third-order valence-electron chi connectivity index (χ3n) is 4.44. The molecule has 0 spiro atoms. The molecule has 3 rings (SSSR count). The molecule has 2 amide bonds. The van der Waals surface area contributed by atoms with Crippen molar-refractivity contribution in [3.8, 4) is 11.5 Å². The number of alkyl halides is 2. The Balaban J connectivity index is 1.54.